The van der Waals surface area contributed by atoms with Gasteiger partial charge >= 0.3 is 0 Å². The van der Waals surface area contributed by atoms with E-state index in [1.165, 1.54) is 4.68 Å². The van der Waals surface area contributed by atoms with Crippen molar-refractivity contribution in [2.24, 2.45) is 7.05 Å². The second-order valence-electron chi connectivity index (χ2n) is 11.3. The lowest BCUT2D eigenvalue weighted by molar-refractivity contribution is -0.122. The molecule has 3 heterocycles. The van der Waals surface area contributed by atoms with Gasteiger partial charge in [-0.1, -0.05) is 17.7 Å². The van der Waals surface area contributed by atoms with Crippen LogP contribution in [0.1, 0.15) is 52.8 Å². The highest BCUT2D eigenvalue weighted by molar-refractivity contribution is 14.1. The fourth-order valence-corrected chi connectivity index (χ4v) is 6.81. The van der Waals surface area contributed by atoms with Crippen molar-refractivity contribution in [1.82, 2.24) is 29.9 Å². The van der Waals surface area contributed by atoms with Crippen LogP contribution in [0.5, 0.6) is 0 Å². The number of carbonyl (C=O) groups excluding carboxylic acids is 1. The van der Waals surface area contributed by atoms with E-state index < -0.39 is 60.3 Å². The molecule has 0 radical (unpaired) electrons. The summed E-state index contributed by atoms with van der Waals surface area (Å²) in [5.74, 6) is -5.85. The monoisotopic (exact) mass is 787 g/mol. The van der Waals surface area contributed by atoms with Crippen LogP contribution in [0, 0.1) is 22.1 Å². The number of pyridine rings is 1. The lowest BCUT2D eigenvalue weighted by Crippen LogP contribution is -2.35. The van der Waals surface area contributed by atoms with E-state index in [1.807, 2.05) is 6.07 Å². The zero-order valence-electron chi connectivity index (χ0n) is 24.7. The molecule has 47 heavy (non-hydrogen) atoms. The number of carbonyl (C=O) groups is 1. The molecule has 1 aliphatic carbocycles. The van der Waals surface area contributed by atoms with Gasteiger partial charge in [-0.3, -0.25) is 19.1 Å². The Hall–Kier alpha value is -3.86. The summed E-state index contributed by atoms with van der Waals surface area (Å²) in [7, 11) is 1.67. The quantitative estimate of drug-likeness (QED) is 0.127. The number of nitrogens with two attached hydrogens (primary N) is 1. The van der Waals surface area contributed by atoms with Crippen LogP contribution < -0.4 is 11.1 Å². The molecule has 0 saturated carbocycles. The molecule has 246 valence electrons. The summed E-state index contributed by atoms with van der Waals surface area (Å²) < 4.78 is 88.4. The topological polar surface area (TPSA) is 104 Å². The first-order valence-corrected chi connectivity index (χ1v) is 15.7. The van der Waals surface area contributed by atoms with Crippen molar-refractivity contribution in [1.29, 1.82) is 0 Å². The third-order valence-corrected chi connectivity index (χ3v) is 9.49. The van der Waals surface area contributed by atoms with Gasteiger partial charge in [0, 0.05) is 39.8 Å². The zero-order chi connectivity index (χ0) is 33.9. The predicted octanol–water partition coefficient (Wildman–Crippen LogP) is 7.33. The summed E-state index contributed by atoms with van der Waals surface area (Å²) in [6.07, 6.45) is -4.28. The van der Waals surface area contributed by atoms with Gasteiger partial charge in [0.15, 0.2) is 5.82 Å². The van der Waals surface area contributed by atoms with Crippen LogP contribution in [0.15, 0.2) is 36.4 Å². The molecule has 1 amide bonds. The van der Waals surface area contributed by atoms with E-state index in [4.69, 9.17) is 22.3 Å². The van der Waals surface area contributed by atoms with Crippen molar-refractivity contribution in [2.45, 2.75) is 51.1 Å². The van der Waals surface area contributed by atoms with E-state index >= 15 is 0 Å². The number of rotatable bonds is 8. The maximum Gasteiger partial charge on any atom is 0.290 e. The largest absolute Gasteiger partial charge is 0.382 e. The van der Waals surface area contributed by atoms with Crippen LogP contribution in [-0.2, 0) is 37.2 Å². The number of fused-ring (bicyclic) bond motifs is 2. The summed E-state index contributed by atoms with van der Waals surface area (Å²) in [4.78, 5) is 18.4. The van der Waals surface area contributed by atoms with Crippen molar-refractivity contribution in [3.8, 4) is 11.1 Å². The van der Waals surface area contributed by atoms with Gasteiger partial charge in [0.2, 0.25) is 5.91 Å². The molecule has 0 spiro atoms. The number of nitrogens with zero attached hydrogens (tertiary/aromatic N) is 5. The molecular weight excluding hydrogens is 763 g/mol. The van der Waals surface area contributed by atoms with Crippen LogP contribution in [0.4, 0.5) is 32.2 Å². The van der Waals surface area contributed by atoms with Crippen LogP contribution in [0.2, 0.25) is 5.02 Å². The van der Waals surface area contributed by atoms with Gasteiger partial charge in [-0.15, -0.1) is 0 Å². The Morgan fingerprint density at radius 1 is 1.11 bits per heavy atom. The van der Waals surface area contributed by atoms with Gasteiger partial charge in [-0.25, -0.2) is 17.6 Å². The molecule has 6 rings (SSSR count). The molecule has 1 atom stereocenters. The average molecular weight is 788 g/mol. The second-order valence-corrected chi connectivity index (χ2v) is 12.9. The minimum atomic E-state index is -3.46. The SMILES string of the molecule is Cc1nc([C@H](Cc2cc(F)cc(F)c2)NC(=O)Cn2nc(C(F)F)c3c2C(F)(F)CC3)c(-c2ccc(Cl)c3c(N)nn(C)c23)cc1I. The molecule has 16 heteroatoms. The number of halogens is 8. The minimum Gasteiger partial charge on any atom is -0.382 e. The molecule has 0 fully saturated rings. The predicted molar refractivity (Wildman–Crippen MR) is 171 cm³/mol. The molecule has 0 aliphatic heterocycles. The number of aromatic nitrogens is 5. The summed E-state index contributed by atoms with van der Waals surface area (Å²) in [6, 6.07) is 6.96. The summed E-state index contributed by atoms with van der Waals surface area (Å²) >= 11 is 8.57. The number of amides is 1. The highest BCUT2D eigenvalue weighted by Gasteiger charge is 2.46. The Morgan fingerprint density at radius 2 is 1.81 bits per heavy atom. The summed E-state index contributed by atoms with van der Waals surface area (Å²) in [5.41, 5.74) is 6.98. The van der Waals surface area contributed by atoms with Crippen LogP contribution in [-0.4, -0.2) is 30.5 Å². The lowest BCUT2D eigenvalue weighted by Gasteiger charge is -2.23. The number of anilines is 1. The maximum absolute atomic E-state index is 14.8. The van der Waals surface area contributed by atoms with E-state index in [1.54, 1.807) is 26.1 Å². The minimum absolute atomic E-state index is 0.161. The van der Waals surface area contributed by atoms with Crippen molar-refractivity contribution in [2.75, 3.05) is 5.73 Å². The van der Waals surface area contributed by atoms with Gasteiger partial charge < -0.3 is 11.1 Å². The Kier molecular flexibility index (Phi) is 8.65. The number of hydrogen-bond acceptors (Lipinski definition) is 5. The van der Waals surface area contributed by atoms with E-state index in [0.717, 1.165) is 15.7 Å². The number of aryl methyl sites for hydroxylation is 2. The Bertz CT molecular complexity index is 2040. The number of benzene rings is 2. The summed E-state index contributed by atoms with van der Waals surface area (Å²) in [6.45, 7) is 0.914. The average Bonchev–Trinajstić information content (AvgIpc) is 3.60. The van der Waals surface area contributed by atoms with Gasteiger partial charge in [0.05, 0.1) is 33.4 Å². The Labute approximate surface area is 282 Å². The van der Waals surface area contributed by atoms with E-state index in [0.29, 0.717) is 43.5 Å². The number of nitrogens with one attached hydrogen (secondary N) is 1. The molecule has 0 saturated heterocycles. The van der Waals surface area contributed by atoms with Crippen LogP contribution in [0.25, 0.3) is 22.0 Å². The number of hydrogen-bond donors (Lipinski definition) is 2. The first-order valence-electron chi connectivity index (χ1n) is 14.2. The highest BCUT2D eigenvalue weighted by atomic mass is 127. The van der Waals surface area contributed by atoms with E-state index in [-0.39, 0.29) is 35.5 Å². The molecule has 5 aromatic rings. The van der Waals surface area contributed by atoms with E-state index in [2.05, 4.69) is 38.1 Å². The molecule has 3 aromatic heterocycles. The Balaban J connectivity index is 1.47. The third-order valence-electron chi connectivity index (χ3n) is 8.08. The normalized spacial score (nSPS) is 14.6. The van der Waals surface area contributed by atoms with Crippen molar-refractivity contribution in [3.05, 3.63) is 90.5 Å². The van der Waals surface area contributed by atoms with Gasteiger partial charge in [0.1, 0.15) is 29.6 Å². The lowest BCUT2D eigenvalue weighted by atomic mass is 9.93. The number of nitrogen functional groups attached to an aromatic ring is 1. The molecule has 0 bridgehead atoms. The first kappa shape index (κ1) is 33.1. The standard InChI is InChI=1S/C31H25ClF6IN7O/c1-13-21(39)11-19(17-3-4-20(32)24-27(17)45(2)44-30(24)40)25(41-13)22(9-14-7-15(33)10-16(34)8-14)42-23(47)12-46-28-18(5-6-31(28,37)38)26(43-46)29(35)36/h3-4,7-8,10-11,22,29H,5-6,9,12H2,1-2H3,(H2,40,44)(H,42,47)/t22-/m0/s1. The smallest absolute Gasteiger partial charge is 0.290 e. The van der Waals surface area contributed by atoms with Gasteiger partial charge in [0.25, 0.3) is 12.3 Å². The molecule has 8 nitrogen and oxygen atoms in total. The first-order chi connectivity index (χ1) is 22.1. The fourth-order valence-electron chi connectivity index (χ4n) is 6.13. The van der Waals surface area contributed by atoms with Gasteiger partial charge in [-0.05, 0) is 72.2 Å². The number of alkyl halides is 4. The maximum atomic E-state index is 14.8. The molecule has 3 N–H and O–H groups in total. The van der Waals surface area contributed by atoms with Crippen molar-refractivity contribution < 1.29 is 31.1 Å². The van der Waals surface area contributed by atoms with Gasteiger partial charge in [-0.2, -0.15) is 19.0 Å². The van der Waals surface area contributed by atoms with Crippen molar-refractivity contribution >= 4 is 56.8 Å². The molecule has 1 aliphatic rings. The molecular formula is C31H25ClF6IN7O. The van der Waals surface area contributed by atoms with Crippen LogP contribution in [0.3, 0.4) is 0 Å². The highest BCUT2D eigenvalue weighted by Crippen LogP contribution is 2.45. The van der Waals surface area contributed by atoms with Crippen LogP contribution >= 0.6 is 34.2 Å². The summed E-state index contributed by atoms with van der Waals surface area (Å²) in [5, 5.41) is 11.5. The second kappa shape index (κ2) is 12.3. The zero-order valence-corrected chi connectivity index (χ0v) is 27.6. The molecule has 2 aromatic carbocycles. The van der Waals surface area contributed by atoms with Crippen molar-refractivity contribution in [3.63, 3.8) is 0 Å². The Morgan fingerprint density at radius 3 is 2.49 bits per heavy atom. The fraction of sp³-hybridized carbons (Fsp3) is 0.290. The molecule has 0 unspecified atom stereocenters. The third kappa shape index (κ3) is 6.14. The van der Waals surface area contributed by atoms with E-state index in [9.17, 15) is 31.1 Å².